The van der Waals surface area contributed by atoms with Crippen molar-refractivity contribution in [1.82, 2.24) is 4.98 Å². The smallest absolute Gasteiger partial charge is 0.373 e. The van der Waals surface area contributed by atoms with Gasteiger partial charge in [-0.1, -0.05) is 17.7 Å². The number of benzene rings is 1. The number of rotatable bonds is 3. The van der Waals surface area contributed by atoms with E-state index in [4.69, 9.17) is 11.6 Å². The van der Waals surface area contributed by atoms with Crippen molar-refractivity contribution in [3.8, 4) is 0 Å². The van der Waals surface area contributed by atoms with Crippen LogP contribution in [0, 0.1) is 5.82 Å². The monoisotopic (exact) mass is 319 g/mol. The van der Waals surface area contributed by atoms with E-state index >= 15 is 0 Å². The lowest BCUT2D eigenvalue weighted by Crippen LogP contribution is -2.08. The fraction of sp³-hybridized carbons (Fsp3) is 0.154. The van der Waals surface area contributed by atoms with Gasteiger partial charge in [0, 0.05) is 7.05 Å². The van der Waals surface area contributed by atoms with Crippen LogP contribution in [-0.4, -0.2) is 12.0 Å². The molecule has 1 aromatic carbocycles. The number of hydrogen-bond donors (Lipinski definition) is 2. The van der Waals surface area contributed by atoms with E-state index in [1.165, 1.54) is 25.2 Å². The lowest BCUT2D eigenvalue weighted by atomic mass is 10.2. The molecule has 112 valence electrons. The zero-order chi connectivity index (χ0) is 15.6. The normalized spacial score (nSPS) is 11.3. The van der Waals surface area contributed by atoms with E-state index in [9.17, 15) is 17.6 Å². The van der Waals surface area contributed by atoms with Crippen LogP contribution in [0.15, 0.2) is 30.3 Å². The number of anilines is 3. The second-order valence-corrected chi connectivity index (χ2v) is 4.51. The Balaban J connectivity index is 2.42. The molecule has 0 fully saturated rings. The number of hydrogen-bond acceptors (Lipinski definition) is 3. The van der Waals surface area contributed by atoms with Gasteiger partial charge in [-0.25, -0.2) is 9.37 Å². The van der Waals surface area contributed by atoms with E-state index < -0.39 is 17.6 Å². The van der Waals surface area contributed by atoms with Gasteiger partial charge in [0.1, 0.15) is 11.6 Å². The number of nitrogens with zero attached hydrogens (tertiary/aromatic N) is 1. The van der Waals surface area contributed by atoms with Gasteiger partial charge < -0.3 is 10.6 Å². The molecule has 0 aliphatic heterocycles. The van der Waals surface area contributed by atoms with Gasteiger partial charge in [-0.3, -0.25) is 0 Å². The molecule has 2 N–H and O–H groups in total. The number of halogens is 5. The Bertz CT molecular complexity index is 658. The van der Waals surface area contributed by atoms with Crippen LogP contribution in [-0.2, 0) is 6.18 Å². The van der Waals surface area contributed by atoms with Gasteiger partial charge in [-0.2, -0.15) is 13.2 Å². The standard InChI is InChI=1S/C13H10ClF4N3/c1-19-10-5-7(13(16,17)18)6-11(21-10)20-9-4-2-3-8(14)12(9)15/h2-6H,1H3,(H2,19,20,21). The average Bonchev–Trinajstić information content (AvgIpc) is 2.42. The number of aromatic nitrogens is 1. The molecule has 0 bridgehead atoms. The lowest BCUT2D eigenvalue weighted by molar-refractivity contribution is -0.137. The summed E-state index contributed by atoms with van der Waals surface area (Å²) in [4.78, 5) is 3.90. The van der Waals surface area contributed by atoms with Crippen LogP contribution in [0.25, 0.3) is 0 Å². The number of alkyl halides is 3. The maximum atomic E-state index is 13.7. The zero-order valence-corrected chi connectivity index (χ0v) is 11.5. The first-order chi connectivity index (χ1) is 9.81. The summed E-state index contributed by atoms with van der Waals surface area (Å²) in [5.41, 5.74) is -0.955. The molecule has 1 aromatic heterocycles. The molecule has 1 heterocycles. The largest absolute Gasteiger partial charge is 0.416 e. The van der Waals surface area contributed by atoms with E-state index in [0.717, 1.165) is 12.1 Å². The van der Waals surface area contributed by atoms with E-state index in [-0.39, 0.29) is 22.3 Å². The fourth-order valence-corrected chi connectivity index (χ4v) is 1.80. The molecular formula is C13H10ClF4N3. The van der Waals surface area contributed by atoms with Crippen LogP contribution in [0.3, 0.4) is 0 Å². The minimum atomic E-state index is -4.53. The molecule has 0 spiro atoms. The molecule has 0 aliphatic rings. The van der Waals surface area contributed by atoms with E-state index in [1.807, 2.05) is 0 Å². The van der Waals surface area contributed by atoms with Crippen molar-refractivity contribution >= 4 is 28.9 Å². The second kappa shape index (κ2) is 5.77. The molecule has 0 aliphatic carbocycles. The molecule has 21 heavy (non-hydrogen) atoms. The van der Waals surface area contributed by atoms with Crippen molar-refractivity contribution in [3.05, 3.63) is 46.7 Å². The van der Waals surface area contributed by atoms with Crippen molar-refractivity contribution in [3.63, 3.8) is 0 Å². The molecule has 8 heteroatoms. The van der Waals surface area contributed by atoms with E-state index in [0.29, 0.717) is 0 Å². The SMILES string of the molecule is CNc1cc(C(F)(F)F)cc(Nc2cccc(Cl)c2F)n1. The highest BCUT2D eigenvalue weighted by Gasteiger charge is 2.31. The highest BCUT2D eigenvalue weighted by Crippen LogP contribution is 2.33. The van der Waals surface area contributed by atoms with Crippen LogP contribution in [0.4, 0.5) is 34.9 Å². The highest BCUT2D eigenvalue weighted by atomic mass is 35.5. The van der Waals surface area contributed by atoms with Crippen LogP contribution >= 0.6 is 11.6 Å². The molecule has 2 aromatic rings. The summed E-state index contributed by atoms with van der Waals surface area (Å²) in [5.74, 6) is -0.894. The molecule has 0 saturated carbocycles. The summed E-state index contributed by atoms with van der Waals surface area (Å²) in [7, 11) is 1.44. The Morgan fingerprint density at radius 3 is 2.43 bits per heavy atom. The first kappa shape index (κ1) is 15.4. The van der Waals surface area contributed by atoms with E-state index in [2.05, 4.69) is 15.6 Å². The van der Waals surface area contributed by atoms with Crippen molar-refractivity contribution in [2.75, 3.05) is 17.7 Å². The minimum Gasteiger partial charge on any atom is -0.373 e. The quantitative estimate of drug-likeness (QED) is 0.807. The summed E-state index contributed by atoms with van der Waals surface area (Å²) >= 11 is 5.61. The first-order valence-corrected chi connectivity index (χ1v) is 6.17. The topological polar surface area (TPSA) is 37.0 Å². The van der Waals surface area contributed by atoms with Gasteiger partial charge in [0.05, 0.1) is 16.3 Å². The molecule has 0 radical (unpaired) electrons. The molecule has 3 nitrogen and oxygen atoms in total. The first-order valence-electron chi connectivity index (χ1n) is 5.79. The van der Waals surface area contributed by atoms with Crippen LogP contribution in [0.1, 0.15) is 5.56 Å². The van der Waals surface area contributed by atoms with Crippen molar-refractivity contribution in [2.24, 2.45) is 0 Å². The molecule has 2 rings (SSSR count). The van der Waals surface area contributed by atoms with Gasteiger partial charge in [0.2, 0.25) is 0 Å². The maximum Gasteiger partial charge on any atom is 0.416 e. The van der Waals surface area contributed by atoms with Crippen LogP contribution < -0.4 is 10.6 Å². The average molecular weight is 320 g/mol. The lowest BCUT2D eigenvalue weighted by Gasteiger charge is -2.13. The van der Waals surface area contributed by atoms with Gasteiger partial charge in [0.15, 0.2) is 5.82 Å². The van der Waals surface area contributed by atoms with Crippen molar-refractivity contribution in [2.45, 2.75) is 6.18 Å². The van der Waals surface area contributed by atoms with Gasteiger partial charge in [0.25, 0.3) is 0 Å². The number of nitrogens with one attached hydrogen (secondary N) is 2. The van der Waals surface area contributed by atoms with Crippen LogP contribution in [0.2, 0.25) is 5.02 Å². The van der Waals surface area contributed by atoms with Crippen molar-refractivity contribution < 1.29 is 17.6 Å². The summed E-state index contributed by atoms with van der Waals surface area (Å²) in [6, 6.07) is 5.81. The fourth-order valence-electron chi connectivity index (χ4n) is 1.62. The molecular weight excluding hydrogens is 310 g/mol. The third kappa shape index (κ3) is 3.55. The summed E-state index contributed by atoms with van der Waals surface area (Å²) in [6.45, 7) is 0. The Labute approximate surface area is 123 Å². The van der Waals surface area contributed by atoms with Crippen molar-refractivity contribution in [1.29, 1.82) is 0 Å². The molecule has 0 unspecified atom stereocenters. The van der Waals surface area contributed by atoms with Gasteiger partial charge in [-0.05, 0) is 24.3 Å². The number of pyridine rings is 1. The predicted octanol–water partition coefficient (Wildman–Crippen LogP) is 4.68. The third-order valence-electron chi connectivity index (χ3n) is 2.62. The second-order valence-electron chi connectivity index (χ2n) is 4.10. The Hall–Kier alpha value is -2.02. The third-order valence-corrected chi connectivity index (χ3v) is 2.92. The highest BCUT2D eigenvalue weighted by molar-refractivity contribution is 6.31. The Morgan fingerprint density at radius 2 is 1.81 bits per heavy atom. The molecule has 0 amide bonds. The maximum absolute atomic E-state index is 13.7. The van der Waals surface area contributed by atoms with Gasteiger partial charge >= 0.3 is 6.18 Å². The summed E-state index contributed by atoms with van der Waals surface area (Å²) < 4.78 is 52.1. The molecule has 0 saturated heterocycles. The Kier molecular flexibility index (Phi) is 4.22. The van der Waals surface area contributed by atoms with Gasteiger partial charge in [-0.15, -0.1) is 0 Å². The summed E-state index contributed by atoms with van der Waals surface area (Å²) in [6.07, 6.45) is -4.53. The Morgan fingerprint density at radius 1 is 1.14 bits per heavy atom. The summed E-state index contributed by atoms with van der Waals surface area (Å²) in [5, 5.41) is 4.87. The zero-order valence-electron chi connectivity index (χ0n) is 10.7. The van der Waals surface area contributed by atoms with E-state index in [1.54, 1.807) is 0 Å². The van der Waals surface area contributed by atoms with Crippen LogP contribution in [0.5, 0.6) is 0 Å². The molecule has 0 atom stereocenters. The minimum absolute atomic E-state index is 0.00904. The predicted molar refractivity (Wildman–Crippen MR) is 73.5 cm³/mol.